The summed E-state index contributed by atoms with van der Waals surface area (Å²) in [4.78, 5) is 22.3. The van der Waals surface area contributed by atoms with Gasteiger partial charge in [0, 0.05) is 16.1 Å². The fourth-order valence-corrected chi connectivity index (χ4v) is 2.65. The molecule has 0 spiro atoms. The van der Waals surface area contributed by atoms with Gasteiger partial charge in [0.2, 0.25) is 0 Å². The van der Waals surface area contributed by atoms with Crippen molar-refractivity contribution in [2.45, 2.75) is 5.92 Å². The van der Waals surface area contributed by atoms with Crippen molar-refractivity contribution in [3.8, 4) is 6.07 Å². The summed E-state index contributed by atoms with van der Waals surface area (Å²) in [6, 6.07) is 10.2. The Morgan fingerprint density at radius 3 is 2.54 bits per heavy atom. The maximum Gasteiger partial charge on any atom is 0.337 e. The topological polar surface area (TPSA) is 93.2 Å². The number of hydrogen-bond acceptors (Lipinski definition) is 5. The molecule has 0 aliphatic heterocycles. The van der Waals surface area contributed by atoms with E-state index in [0.717, 1.165) is 0 Å². The fraction of sp³-hybridized carbons (Fsp3) is 0.125. The molecule has 1 atom stereocenters. The standard InChI is InChI=1S/C16H10Cl2N2O4/c1-24-16(21)9-2-4-14(18)11(6-9)13(8-19)12-7-10(17)3-5-15(12)20(22)23/h2-7,13H,1H3. The van der Waals surface area contributed by atoms with Crippen LogP contribution in [0.5, 0.6) is 0 Å². The van der Waals surface area contributed by atoms with Crippen LogP contribution >= 0.6 is 23.2 Å². The van der Waals surface area contributed by atoms with Gasteiger partial charge >= 0.3 is 5.97 Å². The van der Waals surface area contributed by atoms with Crippen LogP contribution in [0.4, 0.5) is 5.69 Å². The van der Waals surface area contributed by atoms with Gasteiger partial charge < -0.3 is 4.74 Å². The largest absolute Gasteiger partial charge is 0.465 e. The molecule has 6 nitrogen and oxygen atoms in total. The molecule has 0 N–H and O–H groups in total. The van der Waals surface area contributed by atoms with E-state index in [1.807, 2.05) is 6.07 Å². The third-order valence-corrected chi connectivity index (χ3v) is 3.93. The van der Waals surface area contributed by atoms with Crippen LogP contribution in [0.25, 0.3) is 0 Å². The first-order valence-corrected chi connectivity index (χ1v) is 7.35. The molecule has 0 saturated carbocycles. The SMILES string of the molecule is COC(=O)c1ccc(Cl)c(C(C#N)c2cc(Cl)ccc2[N+](=O)[O-])c1. The highest BCUT2D eigenvalue weighted by molar-refractivity contribution is 6.31. The lowest BCUT2D eigenvalue weighted by Crippen LogP contribution is -2.07. The normalized spacial score (nSPS) is 11.4. The first kappa shape index (κ1) is 17.7. The van der Waals surface area contributed by atoms with E-state index < -0.39 is 16.8 Å². The quantitative estimate of drug-likeness (QED) is 0.456. The number of carbonyl (C=O) groups excluding carboxylic acids is 1. The monoisotopic (exact) mass is 364 g/mol. The van der Waals surface area contributed by atoms with Crippen LogP contribution in [0.2, 0.25) is 10.0 Å². The molecule has 24 heavy (non-hydrogen) atoms. The average Bonchev–Trinajstić information content (AvgIpc) is 2.56. The van der Waals surface area contributed by atoms with E-state index in [1.165, 1.54) is 43.5 Å². The summed E-state index contributed by atoms with van der Waals surface area (Å²) < 4.78 is 4.64. The summed E-state index contributed by atoms with van der Waals surface area (Å²) in [5, 5.41) is 21.2. The van der Waals surface area contributed by atoms with Crippen molar-refractivity contribution in [2.24, 2.45) is 0 Å². The van der Waals surface area contributed by atoms with Crippen LogP contribution in [0, 0.1) is 21.4 Å². The Hall–Kier alpha value is -2.62. The fourth-order valence-electron chi connectivity index (χ4n) is 2.24. The molecular weight excluding hydrogens is 355 g/mol. The first-order chi connectivity index (χ1) is 11.4. The maximum atomic E-state index is 11.7. The zero-order valence-corrected chi connectivity index (χ0v) is 13.8. The Balaban J connectivity index is 2.66. The van der Waals surface area contributed by atoms with Crippen molar-refractivity contribution in [2.75, 3.05) is 7.11 Å². The van der Waals surface area contributed by atoms with Crippen LogP contribution < -0.4 is 0 Å². The minimum absolute atomic E-state index is 0.0962. The number of esters is 1. The Labute approximate surface area is 147 Å². The molecule has 0 radical (unpaired) electrons. The molecule has 0 heterocycles. The second kappa shape index (κ2) is 7.30. The highest BCUT2D eigenvalue weighted by Crippen LogP contribution is 2.36. The number of methoxy groups -OCH3 is 1. The van der Waals surface area contributed by atoms with Gasteiger partial charge in [-0.3, -0.25) is 10.1 Å². The predicted molar refractivity (Wildman–Crippen MR) is 88.4 cm³/mol. The van der Waals surface area contributed by atoms with Gasteiger partial charge in [-0.25, -0.2) is 4.79 Å². The van der Waals surface area contributed by atoms with Crippen molar-refractivity contribution < 1.29 is 14.5 Å². The molecule has 2 rings (SSSR count). The van der Waals surface area contributed by atoms with Crippen molar-refractivity contribution in [3.63, 3.8) is 0 Å². The van der Waals surface area contributed by atoms with Crippen LogP contribution in [-0.2, 0) is 4.74 Å². The van der Waals surface area contributed by atoms with Gasteiger partial charge in [0.1, 0.15) is 5.92 Å². The molecular formula is C16H10Cl2N2O4. The van der Waals surface area contributed by atoms with E-state index in [0.29, 0.717) is 0 Å². The Kier molecular flexibility index (Phi) is 5.39. The average molecular weight is 365 g/mol. The number of halogens is 2. The van der Waals surface area contributed by atoms with Gasteiger partial charge in [-0.2, -0.15) is 5.26 Å². The van der Waals surface area contributed by atoms with E-state index in [-0.39, 0.29) is 32.4 Å². The van der Waals surface area contributed by atoms with Crippen molar-refractivity contribution in [1.29, 1.82) is 5.26 Å². The van der Waals surface area contributed by atoms with Gasteiger partial charge in [0.25, 0.3) is 5.69 Å². The molecule has 122 valence electrons. The minimum Gasteiger partial charge on any atom is -0.465 e. The molecule has 2 aromatic rings. The van der Waals surface area contributed by atoms with Gasteiger partial charge in [-0.1, -0.05) is 23.2 Å². The number of rotatable bonds is 4. The summed E-state index contributed by atoms with van der Waals surface area (Å²) >= 11 is 12.0. The highest BCUT2D eigenvalue weighted by Gasteiger charge is 2.26. The molecule has 8 heteroatoms. The van der Waals surface area contributed by atoms with E-state index >= 15 is 0 Å². The molecule has 0 aromatic heterocycles. The predicted octanol–water partition coefficient (Wildman–Crippen LogP) is 4.34. The molecule has 0 aliphatic rings. The molecule has 0 saturated heterocycles. The number of nitrogens with zero attached hydrogens (tertiary/aromatic N) is 2. The van der Waals surface area contributed by atoms with Crippen molar-refractivity contribution in [1.82, 2.24) is 0 Å². The zero-order valence-electron chi connectivity index (χ0n) is 12.3. The van der Waals surface area contributed by atoms with Crippen LogP contribution in [0.1, 0.15) is 27.4 Å². The summed E-state index contributed by atoms with van der Waals surface area (Å²) in [5.74, 6) is -1.67. The molecule has 2 aromatic carbocycles. The van der Waals surface area contributed by atoms with E-state index in [2.05, 4.69) is 4.74 Å². The van der Waals surface area contributed by atoms with E-state index in [9.17, 15) is 20.2 Å². The Morgan fingerprint density at radius 2 is 1.96 bits per heavy atom. The number of nitro benzene ring substituents is 1. The Bertz CT molecular complexity index is 862. The molecule has 1 unspecified atom stereocenters. The van der Waals surface area contributed by atoms with Crippen LogP contribution in [-0.4, -0.2) is 18.0 Å². The van der Waals surface area contributed by atoms with Gasteiger partial charge in [-0.05, 0) is 35.9 Å². The number of nitriles is 1. The lowest BCUT2D eigenvalue weighted by atomic mass is 9.90. The van der Waals surface area contributed by atoms with Crippen LogP contribution in [0.15, 0.2) is 36.4 Å². The first-order valence-electron chi connectivity index (χ1n) is 6.60. The third kappa shape index (κ3) is 3.48. The minimum atomic E-state index is -1.07. The summed E-state index contributed by atoms with van der Waals surface area (Å²) in [6.07, 6.45) is 0. The second-order valence-corrected chi connectivity index (χ2v) is 5.59. The number of ether oxygens (including phenoxy) is 1. The van der Waals surface area contributed by atoms with E-state index in [1.54, 1.807) is 0 Å². The van der Waals surface area contributed by atoms with Crippen molar-refractivity contribution in [3.05, 3.63) is 73.2 Å². The lowest BCUT2D eigenvalue weighted by Gasteiger charge is -2.13. The number of hydrogen-bond donors (Lipinski definition) is 0. The maximum absolute atomic E-state index is 11.7. The van der Waals surface area contributed by atoms with Gasteiger partial charge in [0.15, 0.2) is 0 Å². The van der Waals surface area contributed by atoms with Gasteiger partial charge in [-0.15, -0.1) is 0 Å². The number of carbonyl (C=O) groups is 1. The van der Waals surface area contributed by atoms with Crippen molar-refractivity contribution >= 4 is 34.9 Å². The van der Waals surface area contributed by atoms with E-state index in [4.69, 9.17) is 23.2 Å². The van der Waals surface area contributed by atoms with Crippen LogP contribution in [0.3, 0.4) is 0 Å². The summed E-state index contributed by atoms with van der Waals surface area (Å²) in [6.45, 7) is 0. The Morgan fingerprint density at radius 1 is 1.25 bits per heavy atom. The highest BCUT2D eigenvalue weighted by atomic mass is 35.5. The molecule has 0 amide bonds. The summed E-state index contributed by atoms with van der Waals surface area (Å²) in [5.41, 5.74) is 0.277. The number of nitro groups is 1. The zero-order chi connectivity index (χ0) is 17.9. The summed E-state index contributed by atoms with van der Waals surface area (Å²) in [7, 11) is 1.22. The smallest absolute Gasteiger partial charge is 0.337 e. The number of benzene rings is 2. The lowest BCUT2D eigenvalue weighted by molar-refractivity contribution is -0.385. The second-order valence-electron chi connectivity index (χ2n) is 4.75. The molecule has 0 fully saturated rings. The molecule has 0 bridgehead atoms. The third-order valence-electron chi connectivity index (χ3n) is 3.35. The molecule has 0 aliphatic carbocycles. The van der Waals surface area contributed by atoms with Gasteiger partial charge in [0.05, 0.1) is 29.2 Å².